The Morgan fingerprint density at radius 2 is 1.86 bits per heavy atom. The number of aromatic hydroxyl groups is 1. The van der Waals surface area contributed by atoms with Crippen molar-refractivity contribution in [1.29, 1.82) is 0 Å². The van der Waals surface area contributed by atoms with Crippen LogP contribution in [0.5, 0.6) is 5.75 Å². The van der Waals surface area contributed by atoms with Crippen molar-refractivity contribution in [3.63, 3.8) is 0 Å². The molecule has 0 spiro atoms. The number of amides is 1. The number of phenols is 1. The van der Waals surface area contributed by atoms with Gasteiger partial charge in [0.25, 0.3) is 0 Å². The largest absolute Gasteiger partial charge is 0.507 e. The molecular formula is C16H17FN2O2. The molecule has 0 radical (unpaired) electrons. The highest BCUT2D eigenvalue weighted by atomic mass is 19.1. The molecule has 2 aromatic rings. The second-order valence-electron chi connectivity index (χ2n) is 4.99. The Kier molecular flexibility index (Phi) is 4.12. The summed E-state index contributed by atoms with van der Waals surface area (Å²) < 4.78 is 13.7. The molecule has 1 amide bonds. The minimum atomic E-state index is -0.602. The maximum Gasteiger partial charge on any atom is 0.248 e. The van der Waals surface area contributed by atoms with Crippen LogP contribution in [0, 0.1) is 19.7 Å². The predicted molar refractivity (Wildman–Crippen MR) is 79.8 cm³/mol. The van der Waals surface area contributed by atoms with Gasteiger partial charge in [0.1, 0.15) is 11.6 Å². The van der Waals surface area contributed by atoms with Gasteiger partial charge < -0.3 is 16.2 Å². The second kappa shape index (κ2) is 5.83. The SMILES string of the molecule is Cc1cc(CNc2cc(C(N)=O)ccc2F)cc(C)c1O. The first-order chi connectivity index (χ1) is 9.88. The normalized spacial score (nSPS) is 10.4. The van der Waals surface area contributed by atoms with E-state index in [1.165, 1.54) is 18.2 Å². The van der Waals surface area contributed by atoms with Gasteiger partial charge in [-0.3, -0.25) is 4.79 Å². The van der Waals surface area contributed by atoms with Crippen LogP contribution in [0.25, 0.3) is 0 Å². The summed E-state index contributed by atoms with van der Waals surface area (Å²) in [5, 5.41) is 12.7. The predicted octanol–water partition coefficient (Wildman–Crippen LogP) is 2.86. The van der Waals surface area contributed by atoms with E-state index >= 15 is 0 Å². The number of nitrogens with two attached hydrogens (primary N) is 1. The van der Waals surface area contributed by atoms with Gasteiger partial charge in [0.05, 0.1) is 5.69 Å². The quantitative estimate of drug-likeness (QED) is 0.809. The number of benzene rings is 2. The lowest BCUT2D eigenvalue weighted by Crippen LogP contribution is -2.12. The monoisotopic (exact) mass is 288 g/mol. The Hall–Kier alpha value is -2.56. The molecule has 0 aliphatic rings. The first-order valence-corrected chi connectivity index (χ1v) is 6.51. The Balaban J connectivity index is 2.20. The molecule has 0 heterocycles. The van der Waals surface area contributed by atoms with E-state index in [9.17, 15) is 14.3 Å². The third-order valence-corrected chi connectivity index (χ3v) is 3.28. The first kappa shape index (κ1) is 14.8. The van der Waals surface area contributed by atoms with E-state index < -0.39 is 11.7 Å². The molecule has 0 aliphatic carbocycles. The summed E-state index contributed by atoms with van der Waals surface area (Å²) in [5.74, 6) is -0.790. The number of hydrogen-bond donors (Lipinski definition) is 3. The van der Waals surface area contributed by atoms with Crippen molar-refractivity contribution in [2.24, 2.45) is 5.73 Å². The number of primary amides is 1. The molecule has 0 aromatic heterocycles. The lowest BCUT2D eigenvalue weighted by molar-refractivity contribution is 0.100. The van der Waals surface area contributed by atoms with Crippen molar-refractivity contribution < 1.29 is 14.3 Å². The maximum absolute atomic E-state index is 13.7. The molecule has 0 aliphatic heterocycles. The number of aryl methyl sites for hydroxylation is 2. The van der Waals surface area contributed by atoms with Crippen LogP contribution >= 0.6 is 0 Å². The number of anilines is 1. The Bertz CT molecular complexity index is 676. The zero-order valence-corrected chi connectivity index (χ0v) is 11.9. The fraction of sp³-hybridized carbons (Fsp3) is 0.188. The smallest absolute Gasteiger partial charge is 0.248 e. The molecule has 0 unspecified atom stereocenters. The Morgan fingerprint density at radius 3 is 2.43 bits per heavy atom. The molecule has 0 saturated heterocycles. The standard InChI is InChI=1S/C16H17FN2O2/c1-9-5-11(6-10(2)15(9)20)8-19-14-7-12(16(18)21)3-4-13(14)17/h3-7,19-20H,8H2,1-2H3,(H2,18,21). The van der Waals surface area contributed by atoms with Crippen LogP contribution in [-0.4, -0.2) is 11.0 Å². The van der Waals surface area contributed by atoms with Gasteiger partial charge in [-0.05, 0) is 48.7 Å². The van der Waals surface area contributed by atoms with E-state index in [0.29, 0.717) is 6.54 Å². The summed E-state index contributed by atoms with van der Waals surface area (Å²) in [4.78, 5) is 11.1. The van der Waals surface area contributed by atoms with Crippen LogP contribution in [0.1, 0.15) is 27.0 Å². The van der Waals surface area contributed by atoms with Gasteiger partial charge in [-0.2, -0.15) is 0 Å². The van der Waals surface area contributed by atoms with Gasteiger partial charge in [0, 0.05) is 12.1 Å². The number of rotatable bonds is 4. The zero-order chi connectivity index (χ0) is 15.6. The van der Waals surface area contributed by atoms with E-state index in [4.69, 9.17) is 5.73 Å². The topological polar surface area (TPSA) is 75.3 Å². The summed E-state index contributed by atoms with van der Waals surface area (Å²) in [5.41, 5.74) is 8.08. The third kappa shape index (κ3) is 3.31. The molecule has 0 fully saturated rings. The number of hydrogen-bond acceptors (Lipinski definition) is 3. The van der Waals surface area contributed by atoms with Gasteiger partial charge in [0.2, 0.25) is 5.91 Å². The summed E-state index contributed by atoms with van der Waals surface area (Å²) in [7, 11) is 0. The van der Waals surface area contributed by atoms with Crippen LogP contribution in [0.4, 0.5) is 10.1 Å². The highest BCUT2D eigenvalue weighted by Crippen LogP contribution is 2.24. The molecule has 2 rings (SSSR count). The highest BCUT2D eigenvalue weighted by Gasteiger charge is 2.08. The maximum atomic E-state index is 13.7. The molecular weight excluding hydrogens is 271 g/mol. The number of phenolic OH excluding ortho intramolecular Hbond substituents is 1. The van der Waals surface area contributed by atoms with E-state index in [0.717, 1.165) is 16.7 Å². The lowest BCUT2D eigenvalue weighted by Gasteiger charge is -2.11. The van der Waals surface area contributed by atoms with Crippen molar-refractivity contribution in [2.75, 3.05) is 5.32 Å². The Labute approximate surface area is 122 Å². The summed E-state index contributed by atoms with van der Waals surface area (Å²) in [6, 6.07) is 7.58. The number of halogens is 1. The fourth-order valence-electron chi connectivity index (χ4n) is 2.16. The van der Waals surface area contributed by atoms with Gasteiger partial charge >= 0.3 is 0 Å². The van der Waals surface area contributed by atoms with Gasteiger partial charge in [-0.15, -0.1) is 0 Å². The molecule has 5 heteroatoms. The third-order valence-electron chi connectivity index (χ3n) is 3.28. The molecule has 0 atom stereocenters. The second-order valence-corrected chi connectivity index (χ2v) is 4.99. The van der Waals surface area contributed by atoms with Crippen molar-refractivity contribution in [3.05, 3.63) is 58.4 Å². The van der Waals surface area contributed by atoms with Crippen LogP contribution in [0.15, 0.2) is 30.3 Å². The van der Waals surface area contributed by atoms with Crippen LogP contribution in [-0.2, 0) is 6.54 Å². The van der Waals surface area contributed by atoms with Gasteiger partial charge in [0.15, 0.2) is 0 Å². The van der Waals surface area contributed by atoms with Crippen molar-refractivity contribution in [2.45, 2.75) is 20.4 Å². The minimum Gasteiger partial charge on any atom is -0.507 e. The highest BCUT2D eigenvalue weighted by molar-refractivity contribution is 5.93. The molecule has 21 heavy (non-hydrogen) atoms. The molecule has 4 N–H and O–H groups in total. The summed E-state index contributed by atoms with van der Waals surface area (Å²) >= 11 is 0. The van der Waals surface area contributed by atoms with Crippen LogP contribution < -0.4 is 11.1 Å². The number of nitrogens with one attached hydrogen (secondary N) is 1. The fourth-order valence-corrected chi connectivity index (χ4v) is 2.16. The van der Waals surface area contributed by atoms with E-state index in [-0.39, 0.29) is 17.0 Å². The molecule has 4 nitrogen and oxygen atoms in total. The van der Waals surface area contributed by atoms with Crippen molar-refractivity contribution >= 4 is 11.6 Å². The average Bonchev–Trinajstić information content (AvgIpc) is 2.43. The van der Waals surface area contributed by atoms with E-state index in [1.54, 1.807) is 13.8 Å². The van der Waals surface area contributed by atoms with Crippen LogP contribution in [0.3, 0.4) is 0 Å². The number of carbonyl (C=O) groups is 1. The number of carbonyl (C=O) groups excluding carboxylic acids is 1. The van der Waals surface area contributed by atoms with E-state index in [1.807, 2.05) is 12.1 Å². The van der Waals surface area contributed by atoms with Crippen LogP contribution in [0.2, 0.25) is 0 Å². The van der Waals surface area contributed by atoms with Gasteiger partial charge in [-0.25, -0.2) is 4.39 Å². The minimum absolute atomic E-state index is 0.217. The van der Waals surface area contributed by atoms with Crippen molar-refractivity contribution in [3.8, 4) is 5.75 Å². The van der Waals surface area contributed by atoms with E-state index in [2.05, 4.69) is 5.32 Å². The molecule has 110 valence electrons. The summed E-state index contributed by atoms with van der Waals surface area (Å²) in [6.45, 7) is 3.99. The summed E-state index contributed by atoms with van der Waals surface area (Å²) in [6.07, 6.45) is 0. The lowest BCUT2D eigenvalue weighted by atomic mass is 10.1. The zero-order valence-electron chi connectivity index (χ0n) is 11.9. The molecule has 0 bridgehead atoms. The van der Waals surface area contributed by atoms with Crippen molar-refractivity contribution in [1.82, 2.24) is 0 Å². The van der Waals surface area contributed by atoms with Gasteiger partial charge in [-0.1, -0.05) is 12.1 Å². The Morgan fingerprint density at radius 1 is 1.24 bits per heavy atom. The average molecular weight is 288 g/mol. The first-order valence-electron chi connectivity index (χ1n) is 6.51. The molecule has 0 saturated carbocycles. The molecule has 2 aromatic carbocycles.